The zero-order valence-corrected chi connectivity index (χ0v) is 9.59. The topological polar surface area (TPSA) is 33.1 Å². The van der Waals surface area contributed by atoms with Gasteiger partial charge in [-0.1, -0.05) is 18.2 Å². The number of hydrogen-bond acceptors (Lipinski definition) is 1. The molecule has 3 nitrogen and oxygen atoms in total. The van der Waals surface area contributed by atoms with Gasteiger partial charge in [-0.25, -0.2) is 0 Å². The molecule has 0 saturated heterocycles. The van der Waals surface area contributed by atoms with Crippen molar-refractivity contribution in [3.05, 3.63) is 47.4 Å². The lowest BCUT2D eigenvalue weighted by Gasteiger charge is -2.01. The molecule has 0 fully saturated rings. The predicted molar refractivity (Wildman–Crippen MR) is 69.9 cm³/mol. The molecule has 0 unspecified atom stereocenters. The van der Waals surface area contributed by atoms with Crippen LogP contribution in [0.4, 0.5) is 5.69 Å². The van der Waals surface area contributed by atoms with Gasteiger partial charge in [0.2, 0.25) is 5.39 Å². The van der Waals surface area contributed by atoms with Crippen molar-refractivity contribution in [1.29, 1.82) is 5.39 Å². The molecule has 0 aliphatic carbocycles. The molecule has 3 rings (SSSR count). The van der Waals surface area contributed by atoms with Gasteiger partial charge in [-0.05, 0) is 19.1 Å². The van der Waals surface area contributed by atoms with Crippen LogP contribution in [0.3, 0.4) is 0 Å². The predicted octanol–water partition coefficient (Wildman–Crippen LogP) is 4.30. The van der Waals surface area contributed by atoms with E-state index in [4.69, 9.17) is 5.39 Å². The fraction of sp³-hybridized carbons (Fsp3) is 0.143. The Bertz CT molecular complexity index is 747. The van der Waals surface area contributed by atoms with Crippen LogP contribution in [0.1, 0.15) is 6.92 Å². The highest BCUT2D eigenvalue weighted by molar-refractivity contribution is 6.09. The van der Waals surface area contributed by atoms with Gasteiger partial charge in [-0.3, -0.25) is 0 Å². The summed E-state index contributed by atoms with van der Waals surface area (Å²) in [6.07, 6.45) is 0. The number of benzene rings is 2. The summed E-state index contributed by atoms with van der Waals surface area (Å²) in [6, 6.07) is 14.1. The van der Waals surface area contributed by atoms with Crippen molar-refractivity contribution in [2.24, 2.45) is 0 Å². The summed E-state index contributed by atoms with van der Waals surface area (Å²) in [5.41, 5.74) is 3.00. The van der Waals surface area contributed by atoms with E-state index in [1.165, 1.54) is 16.4 Å². The molecule has 1 heterocycles. The van der Waals surface area contributed by atoms with Gasteiger partial charge in [0.1, 0.15) is 0 Å². The number of hydrogen-bond donors (Lipinski definition) is 0. The molecule has 0 bridgehead atoms. The average Bonchev–Trinajstić information content (AvgIpc) is 2.71. The SMILES string of the molecule is CCn1c2ccccc2c2cc([N+]#N)ccc21. The zero-order valence-electron chi connectivity index (χ0n) is 9.59. The second kappa shape index (κ2) is 3.60. The van der Waals surface area contributed by atoms with E-state index < -0.39 is 0 Å². The third-order valence-electron chi connectivity index (χ3n) is 3.19. The molecule has 82 valence electrons. The number of fused-ring (bicyclic) bond motifs is 3. The molecule has 0 atom stereocenters. The number of aromatic nitrogens is 1. The van der Waals surface area contributed by atoms with E-state index in [0.29, 0.717) is 5.69 Å². The number of rotatable bonds is 1. The first-order valence-corrected chi connectivity index (χ1v) is 5.71. The fourth-order valence-corrected chi connectivity index (χ4v) is 2.44. The largest absolute Gasteiger partial charge is 0.385 e. The van der Waals surface area contributed by atoms with Gasteiger partial charge in [0.15, 0.2) is 4.98 Å². The molecule has 17 heavy (non-hydrogen) atoms. The standard InChI is InChI=1S/C14H12N3/c1-2-17-13-6-4-3-5-11(13)12-9-10(16-15)7-8-14(12)17/h3-9H,2H2,1H3/q+1. The Morgan fingerprint density at radius 1 is 1.06 bits per heavy atom. The summed E-state index contributed by atoms with van der Waals surface area (Å²) in [6.45, 7) is 3.07. The van der Waals surface area contributed by atoms with E-state index >= 15 is 0 Å². The van der Waals surface area contributed by atoms with Crippen LogP contribution >= 0.6 is 0 Å². The number of aryl methyl sites for hydroxylation is 1. The normalized spacial score (nSPS) is 10.8. The van der Waals surface area contributed by atoms with E-state index in [1.807, 2.05) is 30.3 Å². The summed E-state index contributed by atoms with van der Waals surface area (Å²) in [5.74, 6) is 0. The van der Waals surface area contributed by atoms with Crippen LogP contribution in [0.5, 0.6) is 0 Å². The first-order valence-electron chi connectivity index (χ1n) is 5.71. The molecular formula is C14H12N3+. The van der Waals surface area contributed by atoms with Crippen molar-refractivity contribution >= 4 is 27.5 Å². The van der Waals surface area contributed by atoms with Crippen molar-refractivity contribution in [2.75, 3.05) is 0 Å². The Labute approximate surface area is 98.9 Å². The molecule has 0 aliphatic rings. The minimum Gasteiger partial charge on any atom is -0.341 e. The summed E-state index contributed by atoms with van der Waals surface area (Å²) in [4.78, 5) is 3.25. The smallest absolute Gasteiger partial charge is 0.341 e. The zero-order chi connectivity index (χ0) is 11.8. The lowest BCUT2D eigenvalue weighted by Crippen LogP contribution is -1.92. The van der Waals surface area contributed by atoms with E-state index in [-0.39, 0.29) is 0 Å². The molecule has 0 spiro atoms. The van der Waals surface area contributed by atoms with Crippen LogP contribution in [0, 0.1) is 5.39 Å². The maximum atomic E-state index is 8.85. The van der Waals surface area contributed by atoms with E-state index in [1.54, 1.807) is 0 Å². The highest BCUT2D eigenvalue weighted by atomic mass is 15.0. The van der Waals surface area contributed by atoms with Gasteiger partial charge in [-0.15, -0.1) is 0 Å². The summed E-state index contributed by atoms with van der Waals surface area (Å²) in [7, 11) is 0. The third-order valence-corrected chi connectivity index (χ3v) is 3.19. The van der Waals surface area contributed by atoms with E-state index in [9.17, 15) is 0 Å². The maximum Gasteiger partial charge on any atom is 0.385 e. The van der Waals surface area contributed by atoms with Crippen LogP contribution in [0.15, 0.2) is 42.5 Å². The Morgan fingerprint density at radius 2 is 1.82 bits per heavy atom. The Morgan fingerprint density at radius 3 is 2.59 bits per heavy atom. The minimum absolute atomic E-state index is 0.594. The Balaban J connectivity index is 2.55. The molecule has 0 aliphatic heterocycles. The maximum absolute atomic E-state index is 8.85. The Kier molecular flexibility index (Phi) is 2.09. The lowest BCUT2D eigenvalue weighted by molar-refractivity contribution is 0.827. The molecule has 0 saturated carbocycles. The molecule has 1 aromatic heterocycles. The quantitative estimate of drug-likeness (QED) is 0.565. The average molecular weight is 222 g/mol. The van der Waals surface area contributed by atoms with Gasteiger partial charge in [0.25, 0.3) is 0 Å². The minimum atomic E-state index is 0.594. The van der Waals surface area contributed by atoms with Crippen molar-refractivity contribution in [3.8, 4) is 0 Å². The second-order valence-corrected chi connectivity index (χ2v) is 4.06. The van der Waals surface area contributed by atoms with Crippen molar-refractivity contribution in [3.63, 3.8) is 0 Å². The second-order valence-electron chi connectivity index (χ2n) is 4.06. The van der Waals surface area contributed by atoms with Gasteiger partial charge in [-0.2, -0.15) is 0 Å². The molecule has 0 amide bonds. The molecular weight excluding hydrogens is 210 g/mol. The number of nitrogens with zero attached hydrogens (tertiary/aromatic N) is 3. The monoisotopic (exact) mass is 222 g/mol. The van der Waals surface area contributed by atoms with Gasteiger partial charge in [0.05, 0.1) is 0 Å². The summed E-state index contributed by atoms with van der Waals surface area (Å²) >= 11 is 0. The summed E-state index contributed by atoms with van der Waals surface area (Å²) < 4.78 is 2.27. The molecule has 3 aromatic rings. The van der Waals surface area contributed by atoms with Crippen molar-refractivity contribution < 1.29 is 0 Å². The summed E-state index contributed by atoms with van der Waals surface area (Å²) in [5, 5.41) is 11.2. The van der Waals surface area contributed by atoms with E-state index in [2.05, 4.69) is 28.6 Å². The van der Waals surface area contributed by atoms with E-state index in [0.717, 1.165) is 11.9 Å². The number of diazo groups is 1. The fourth-order valence-electron chi connectivity index (χ4n) is 2.44. The van der Waals surface area contributed by atoms with Gasteiger partial charge >= 0.3 is 5.69 Å². The third kappa shape index (κ3) is 1.31. The van der Waals surface area contributed by atoms with Crippen LogP contribution in [-0.2, 0) is 6.54 Å². The lowest BCUT2D eigenvalue weighted by atomic mass is 10.1. The van der Waals surface area contributed by atoms with Crippen LogP contribution in [-0.4, -0.2) is 4.57 Å². The van der Waals surface area contributed by atoms with Gasteiger partial charge in [0, 0.05) is 40.5 Å². The van der Waals surface area contributed by atoms with Crippen molar-refractivity contribution in [1.82, 2.24) is 4.57 Å². The highest BCUT2D eigenvalue weighted by Gasteiger charge is 2.13. The number of para-hydroxylation sites is 1. The van der Waals surface area contributed by atoms with Crippen LogP contribution in [0.2, 0.25) is 0 Å². The van der Waals surface area contributed by atoms with Crippen LogP contribution in [0.25, 0.3) is 26.8 Å². The first-order chi connectivity index (χ1) is 8.35. The first kappa shape index (κ1) is 9.86. The van der Waals surface area contributed by atoms with Crippen LogP contribution < -0.4 is 0 Å². The Hall–Kier alpha value is -2.34. The molecule has 0 radical (unpaired) electrons. The van der Waals surface area contributed by atoms with Gasteiger partial charge < -0.3 is 4.57 Å². The van der Waals surface area contributed by atoms with Crippen molar-refractivity contribution in [2.45, 2.75) is 13.5 Å². The molecule has 2 aromatic carbocycles. The highest BCUT2D eigenvalue weighted by Crippen LogP contribution is 2.31. The molecule has 0 N–H and O–H groups in total. The molecule has 3 heteroatoms.